The van der Waals surface area contributed by atoms with E-state index in [4.69, 9.17) is 16.7 Å². The van der Waals surface area contributed by atoms with Gasteiger partial charge in [-0.3, -0.25) is 4.79 Å². The monoisotopic (exact) mass is 294 g/mol. The van der Waals surface area contributed by atoms with Crippen LogP contribution in [0.2, 0.25) is 5.02 Å². The molecule has 0 radical (unpaired) electrons. The van der Waals surface area contributed by atoms with E-state index in [1.807, 2.05) is 0 Å². The summed E-state index contributed by atoms with van der Waals surface area (Å²) in [4.78, 5) is 26.3. The van der Waals surface area contributed by atoms with Crippen LogP contribution in [0.15, 0.2) is 36.5 Å². The molecule has 0 saturated heterocycles. The smallest absolute Gasteiger partial charge is 0.354 e. The first-order valence-electron chi connectivity index (χ1n) is 5.44. The number of rotatable bonds is 3. The van der Waals surface area contributed by atoms with Crippen LogP contribution in [-0.4, -0.2) is 22.0 Å². The van der Waals surface area contributed by atoms with Crippen molar-refractivity contribution in [2.24, 2.45) is 0 Å². The van der Waals surface area contributed by atoms with Gasteiger partial charge in [0.05, 0.1) is 10.7 Å². The second-order valence-corrected chi connectivity index (χ2v) is 4.19. The highest BCUT2D eigenvalue weighted by Gasteiger charge is 2.14. The van der Waals surface area contributed by atoms with Gasteiger partial charge in [0, 0.05) is 11.8 Å². The van der Waals surface area contributed by atoms with Gasteiger partial charge in [0.15, 0.2) is 0 Å². The number of carbonyl (C=O) groups is 2. The Labute approximate surface area is 118 Å². The first kappa shape index (κ1) is 14.0. The van der Waals surface area contributed by atoms with Gasteiger partial charge in [-0.1, -0.05) is 17.7 Å². The van der Waals surface area contributed by atoms with Crippen LogP contribution in [0.5, 0.6) is 0 Å². The van der Waals surface area contributed by atoms with Crippen molar-refractivity contribution in [3.8, 4) is 0 Å². The molecule has 0 unspecified atom stereocenters. The van der Waals surface area contributed by atoms with Gasteiger partial charge in [-0.15, -0.1) is 0 Å². The SMILES string of the molecule is O=C(Nc1c(F)cccc1Cl)c1ccnc(C(=O)O)c1. The minimum absolute atomic E-state index is 0.0386. The largest absolute Gasteiger partial charge is 0.477 e. The molecular formula is C13H8ClFN2O3. The number of pyridine rings is 1. The van der Waals surface area contributed by atoms with Gasteiger partial charge in [-0.25, -0.2) is 14.2 Å². The van der Waals surface area contributed by atoms with E-state index in [-0.39, 0.29) is 22.0 Å². The zero-order chi connectivity index (χ0) is 14.7. The maximum absolute atomic E-state index is 13.5. The molecule has 1 heterocycles. The van der Waals surface area contributed by atoms with Crippen LogP contribution in [0.1, 0.15) is 20.8 Å². The fraction of sp³-hybridized carbons (Fsp3) is 0. The molecule has 0 fully saturated rings. The van der Waals surface area contributed by atoms with Crippen LogP contribution >= 0.6 is 11.6 Å². The number of anilines is 1. The fourth-order valence-corrected chi connectivity index (χ4v) is 1.70. The number of para-hydroxylation sites is 1. The molecule has 5 nitrogen and oxygen atoms in total. The maximum atomic E-state index is 13.5. The number of aromatic carboxylic acids is 1. The van der Waals surface area contributed by atoms with Gasteiger partial charge in [0.1, 0.15) is 11.5 Å². The molecule has 2 rings (SSSR count). The second-order valence-electron chi connectivity index (χ2n) is 3.79. The number of nitrogens with one attached hydrogen (secondary N) is 1. The first-order valence-corrected chi connectivity index (χ1v) is 5.81. The third-order valence-electron chi connectivity index (χ3n) is 2.44. The topological polar surface area (TPSA) is 79.3 Å². The van der Waals surface area contributed by atoms with Crippen LogP contribution in [0.3, 0.4) is 0 Å². The quantitative estimate of drug-likeness (QED) is 0.912. The van der Waals surface area contributed by atoms with Crippen LogP contribution in [0.25, 0.3) is 0 Å². The van der Waals surface area contributed by atoms with Crippen LogP contribution in [0.4, 0.5) is 10.1 Å². The van der Waals surface area contributed by atoms with Crippen molar-refractivity contribution in [1.82, 2.24) is 4.98 Å². The molecule has 0 aliphatic carbocycles. The summed E-state index contributed by atoms with van der Waals surface area (Å²) in [6.07, 6.45) is 1.18. The van der Waals surface area contributed by atoms with Crippen molar-refractivity contribution in [1.29, 1.82) is 0 Å². The van der Waals surface area contributed by atoms with E-state index in [2.05, 4.69) is 10.3 Å². The number of nitrogens with zero attached hydrogens (tertiary/aromatic N) is 1. The summed E-state index contributed by atoms with van der Waals surface area (Å²) in [6.45, 7) is 0. The summed E-state index contributed by atoms with van der Waals surface area (Å²) >= 11 is 5.78. The highest BCUT2D eigenvalue weighted by molar-refractivity contribution is 6.34. The van der Waals surface area contributed by atoms with E-state index in [0.717, 1.165) is 12.1 Å². The molecule has 102 valence electrons. The third kappa shape index (κ3) is 2.92. The van der Waals surface area contributed by atoms with Gasteiger partial charge in [-0.05, 0) is 24.3 Å². The Morgan fingerprint density at radius 2 is 2.05 bits per heavy atom. The standard InChI is InChI=1S/C13H8ClFN2O3/c14-8-2-1-3-9(15)11(8)17-12(18)7-4-5-16-10(6-7)13(19)20/h1-6H,(H,17,18)(H,19,20). The number of benzene rings is 1. The summed E-state index contributed by atoms with van der Waals surface area (Å²) in [5.41, 5.74) is -0.401. The molecule has 7 heteroatoms. The lowest BCUT2D eigenvalue weighted by Gasteiger charge is -2.08. The summed E-state index contributed by atoms with van der Waals surface area (Å²) in [5, 5.41) is 11.1. The molecule has 1 aromatic carbocycles. The Balaban J connectivity index is 2.29. The van der Waals surface area contributed by atoms with E-state index >= 15 is 0 Å². The number of carboxylic acid groups (broad SMARTS) is 1. The maximum Gasteiger partial charge on any atom is 0.354 e. The van der Waals surface area contributed by atoms with Gasteiger partial charge in [0.2, 0.25) is 0 Å². The van der Waals surface area contributed by atoms with E-state index in [0.29, 0.717) is 0 Å². The summed E-state index contributed by atoms with van der Waals surface area (Å²) in [7, 11) is 0. The summed E-state index contributed by atoms with van der Waals surface area (Å²) < 4.78 is 13.5. The minimum atomic E-state index is -1.26. The van der Waals surface area contributed by atoms with Crippen molar-refractivity contribution in [3.05, 3.63) is 58.6 Å². The Morgan fingerprint density at radius 1 is 1.30 bits per heavy atom. The predicted octanol–water partition coefficient (Wildman–Crippen LogP) is 2.82. The van der Waals surface area contributed by atoms with Gasteiger partial charge in [0.25, 0.3) is 5.91 Å². The molecule has 0 bridgehead atoms. The molecular weight excluding hydrogens is 287 g/mol. The lowest BCUT2D eigenvalue weighted by molar-refractivity contribution is 0.0690. The molecule has 1 amide bonds. The van der Waals surface area contributed by atoms with Gasteiger partial charge in [-0.2, -0.15) is 0 Å². The summed E-state index contributed by atoms with van der Waals surface area (Å²) in [6, 6.07) is 6.39. The zero-order valence-electron chi connectivity index (χ0n) is 9.93. The normalized spacial score (nSPS) is 10.1. The van der Waals surface area contributed by atoms with Crippen molar-refractivity contribution in [2.45, 2.75) is 0 Å². The van der Waals surface area contributed by atoms with E-state index in [1.54, 1.807) is 0 Å². The number of carboxylic acids is 1. The number of hydrogen-bond donors (Lipinski definition) is 2. The van der Waals surface area contributed by atoms with E-state index < -0.39 is 17.7 Å². The Morgan fingerprint density at radius 3 is 2.70 bits per heavy atom. The van der Waals surface area contributed by atoms with Crippen LogP contribution in [-0.2, 0) is 0 Å². The number of halogens is 2. The highest BCUT2D eigenvalue weighted by atomic mass is 35.5. The van der Waals surface area contributed by atoms with E-state index in [1.165, 1.54) is 24.4 Å². The molecule has 0 aliphatic rings. The first-order chi connectivity index (χ1) is 9.49. The third-order valence-corrected chi connectivity index (χ3v) is 2.76. The lowest BCUT2D eigenvalue weighted by Crippen LogP contribution is -2.14. The van der Waals surface area contributed by atoms with Gasteiger partial charge < -0.3 is 10.4 Å². The van der Waals surface area contributed by atoms with Crippen molar-refractivity contribution in [3.63, 3.8) is 0 Å². The zero-order valence-corrected chi connectivity index (χ0v) is 10.7. The number of carbonyl (C=O) groups excluding carboxylic acids is 1. The minimum Gasteiger partial charge on any atom is -0.477 e. The summed E-state index contributed by atoms with van der Waals surface area (Å²) in [5.74, 6) is -2.62. The molecule has 2 N–H and O–H groups in total. The average molecular weight is 295 g/mol. The Bertz CT molecular complexity index is 671. The Hall–Kier alpha value is -2.47. The van der Waals surface area contributed by atoms with Crippen LogP contribution < -0.4 is 5.32 Å². The van der Waals surface area contributed by atoms with Gasteiger partial charge >= 0.3 is 5.97 Å². The van der Waals surface area contributed by atoms with Crippen molar-refractivity contribution >= 4 is 29.2 Å². The highest BCUT2D eigenvalue weighted by Crippen LogP contribution is 2.25. The van der Waals surface area contributed by atoms with Crippen molar-refractivity contribution in [2.75, 3.05) is 5.32 Å². The van der Waals surface area contributed by atoms with E-state index in [9.17, 15) is 14.0 Å². The van der Waals surface area contributed by atoms with Crippen molar-refractivity contribution < 1.29 is 19.1 Å². The molecule has 20 heavy (non-hydrogen) atoms. The number of aromatic nitrogens is 1. The predicted molar refractivity (Wildman–Crippen MR) is 70.6 cm³/mol. The Kier molecular flexibility index (Phi) is 3.95. The molecule has 0 atom stereocenters. The molecule has 0 aliphatic heterocycles. The number of hydrogen-bond acceptors (Lipinski definition) is 3. The molecule has 0 spiro atoms. The average Bonchev–Trinajstić information content (AvgIpc) is 2.43. The molecule has 2 aromatic rings. The van der Waals surface area contributed by atoms with Crippen LogP contribution in [0, 0.1) is 5.82 Å². The second kappa shape index (κ2) is 5.66. The number of amides is 1. The molecule has 0 saturated carbocycles. The molecule has 1 aromatic heterocycles. The lowest BCUT2D eigenvalue weighted by atomic mass is 10.2. The fourth-order valence-electron chi connectivity index (χ4n) is 1.49.